The lowest BCUT2D eigenvalue weighted by molar-refractivity contribution is -0.137. The van der Waals surface area contributed by atoms with E-state index in [-0.39, 0.29) is 6.42 Å². The second kappa shape index (κ2) is 4.52. The van der Waals surface area contributed by atoms with Gasteiger partial charge in [0.05, 0.1) is 5.56 Å². The van der Waals surface area contributed by atoms with Gasteiger partial charge in [-0.15, -0.1) is 0 Å². The zero-order valence-electron chi connectivity index (χ0n) is 7.85. The fourth-order valence-corrected chi connectivity index (χ4v) is 1.42. The molecule has 0 N–H and O–H groups in total. The van der Waals surface area contributed by atoms with Gasteiger partial charge in [0, 0.05) is 6.42 Å². The molecule has 0 aliphatic carbocycles. The first-order valence-electron chi connectivity index (χ1n) is 4.20. The minimum absolute atomic E-state index is 0.0231. The minimum Gasteiger partial charge on any atom is -0.195 e. The van der Waals surface area contributed by atoms with Crippen LogP contribution in [0.4, 0.5) is 13.2 Å². The Hall–Kier alpha value is -0.920. The first-order chi connectivity index (χ1) is 7.24. The Bertz CT molecular complexity index is 404. The van der Waals surface area contributed by atoms with E-state index >= 15 is 0 Å². The van der Waals surface area contributed by atoms with E-state index in [2.05, 4.69) is 0 Å². The summed E-state index contributed by atoms with van der Waals surface area (Å²) in [7, 11) is 0. The normalized spacial score (nSPS) is 12.2. The van der Waals surface area contributed by atoms with Crippen molar-refractivity contribution in [1.29, 1.82) is 5.26 Å². The maximum Gasteiger partial charge on any atom is 0.416 e. The van der Waals surface area contributed by atoms with E-state index in [9.17, 15) is 13.2 Å². The highest BCUT2D eigenvalue weighted by Crippen LogP contribution is 2.30. The van der Waals surface area contributed by atoms with E-state index in [4.69, 9.17) is 28.5 Å². The standard InChI is InChI=1S/C10H6Cl2F3N/c11-9(12,6-16)5-7-1-3-8(4-2-7)10(13,14)15/h1-4H,5H2. The Morgan fingerprint density at radius 2 is 1.62 bits per heavy atom. The molecule has 6 heteroatoms. The zero-order valence-corrected chi connectivity index (χ0v) is 9.37. The molecule has 0 saturated heterocycles. The summed E-state index contributed by atoms with van der Waals surface area (Å²) in [5, 5.41) is 8.55. The summed E-state index contributed by atoms with van der Waals surface area (Å²) in [6.45, 7) is 0. The maximum absolute atomic E-state index is 12.2. The van der Waals surface area contributed by atoms with Gasteiger partial charge in [0.15, 0.2) is 0 Å². The third-order valence-electron chi connectivity index (χ3n) is 1.87. The average Bonchev–Trinajstić information content (AvgIpc) is 2.16. The van der Waals surface area contributed by atoms with E-state index in [0.717, 1.165) is 12.1 Å². The number of nitrogens with zero attached hydrogens (tertiary/aromatic N) is 1. The molecule has 0 spiro atoms. The Kier molecular flexibility index (Phi) is 3.72. The Labute approximate surface area is 100 Å². The molecule has 0 radical (unpaired) electrons. The quantitative estimate of drug-likeness (QED) is 0.745. The first-order valence-corrected chi connectivity index (χ1v) is 4.95. The maximum atomic E-state index is 12.2. The van der Waals surface area contributed by atoms with Crippen molar-refractivity contribution in [3.05, 3.63) is 35.4 Å². The number of hydrogen-bond acceptors (Lipinski definition) is 1. The molecule has 0 bridgehead atoms. The van der Waals surface area contributed by atoms with Crippen LogP contribution in [0.15, 0.2) is 24.3 Å². The highest BCUT2D eigenvalue weighted by atomic mass is 35.5. The van der Waals surface area contributed by atoms with Gasteiger partial charge in [-0.2, -0.15) is 18.4 Å². The topological polar surface area (TPSA) is 23.8 Å². The first kappa shape index (κ1) is 13.1. The third-order valence-corrected chi connectivity index (χ3v) is 2.31. The molecule has 86 valence electrons. The van der Waals surface area contributed by atoms with E-state index in [0.29, 0.717) is 5.56 Å². The predicted molar refractivity (Wildman–Crippen MR) is 55.2 cm³/mol. The number of nitriles is 1. The molecule has 0 aliphatic heterocycles. The molecule has 16 heavy (non-hydrogen) atoms. The molecule has 0 amide bonds. The number of alkyl halides is 5. The van der Waals surface area contributed by atoms with Gasteiger partial charge in [-0.25, -0.2) is 0 Å². The van der Waals surface area contributed by atoms with Crippen LogP contribution >= 0.6 is 23.2 Å². The lowest BCUT2D eigenvalue weighted by Crippen LogP contribution is -2.13. The van der Waals surface area contributed by atoms with Crippen LogP contribution in [0.2, 0.25) is 0 Å². The molecule has 0 aromatic heterocycles. The van der Waals surface area contributed by atoms with Gasteiger partial charge in [-0.1, -0.05) is 35.3 Å². The van der Waals surface area contributed by atoms with E-state index < -0.39 is 16.1 Å². The molecule has 0 atom stereocenters. The number of hydrogen-bond donors (Lipinski definition) is 0. The van der Waals surface area contributed by atoms with Crippen LogP contribution in [0.1, 0.15) is 11.1 Å². The molecule has 1 aromatic carbocycles. The fourth-order valence-electron chi connectivity index (χ4n) is 1.11. The predicted octanol–water partition coefficient (Wildman–Crippen LogP) is 3.95. The van der Waals surface area contributed by atoms with Crippen LogP contribution in [0.25, 0.3) is 0 Å². The monoisotopic (exact) mass is 267 g/mol. The summed E-state index contributed by atoms with van der Waals surface area (Å²) >= 11 is 11.1. The van der Waals surface area contributed by atoms with Crippen LogP contribution < -0.4 is 0 Å². The van der Waals surface area contributed by atoms with Gasteiger partial charge in [0.2, 0.25) is 4.33 Å². The summed E-state index contributed by atoms with van der Waals surface area (Å²) in [5.41, 5.74) is -0.275. The molecule has 0 unspecified atom stereocenters. The molecular formula is C10H6Cl2F3N. The Morgan fingerprint density at radius 3 is 2.00 bits per heavy atom. The van der Waals surface area contributed by atoms with Crippen molar-refractivity contribution in [2.75, 3.05) is 0 Å². The van der Waals surface area contributed by atoms with Crippen LogP contribution in [-0.4, -0.2) is 4.33 Å². The van der Waals surface area contributed by atoms with Gasteiger partial charge in [0.25, 0.3) is 0 Å². The van der Waals surface area contributed by atoms with Gasteiger partial charge in [0.1, 0.15) is 6.07 Å². The molecule has 1 nitrogen and oxygen atoms in total. The van der Waals surface area contributed by atoms with Crippen molar-refractivity contribution in [3.8, 4) is 6.07 Å². The van der Waals surface area contributed by atoms with Gasteiger partial charge >= 0.3 is 6.18 Å². The Balaban J connectivity index is 2.85. The zero-order chi connectivity index (χ0) is 12.4. The SMILES string of the molecule is N#CC(Cl)(Cl)Cc1ccc(C(F)(F)F)cc1. The number of rotatable bonds is 2. The van der Waals surface area contributed by atoms with E-state index in [1.807, 2.05) is 0 Å². The van der Waals surface area contributed by atoms with Crippen molar-refractivity contribution in [2.45, 2.75) is 16.9 Å². The molecule has 1 rings (SSSR count). The molecule has 1 aromatic rings. The van der Waals surface area contributed by atoms with Gasteiger partial charge in [-0.05, 0) is 17.7 Å². The van der Waals surface area contributed by atoms with Crippen LogP contribution in [0.3, 0.4) is 0 Å². The molecule has 0 fully saturated rings. The van der Waals surface area contributed by atoms with E-state index in [1.54, 1.807) is 6.07 Å². The summed E-state index contributed by atoms with van der Waals surface area (Å²) in [4.78, 5) is 0. The number of halogens is 5. The van der Waals surface area contributed by atoms with Gasteiger partial charge in [-0.3, -0.25) is 0 Å². The van der Waals surface area contributed by atoms with Crippen molar-refractivity contribution in [2.24, 2.45) is 0 Å². The third kappa shape index (κ3) is 3.58. The molecule has 0 aliphatic rings. The summed E-state index contributed by atoms with van der Waals surface area (Å²) in [6.07, 6.45) is -4.39. The van der Waals surface area contributed by atoms with Crippen LogP contribution in [0.5, 0.6) is 0 Å². The summed E-state index contributed by atoms with van der Waals surface area (Å²) in [6, 6.07) is 6.00. The Morgan fingerprint density at radius 1 is 1.12 bits per heavy atom. The highest BCUT2D eigenvalue weighted by molar-refractivity contribution is 6.50. The summed E-state index contributed by atoms with van der Waals surface area (Å²) < 4.78 is 35.0. The molecular weight excluding hydrogens is 262 g/mol. The van der Waals surface area contributed by atoms with Crippen molar-refractivity contribution >= 4 is 23.2 Å². The second-order valence-electron chi connectivity index (χ2n) is 3.19. The second-order valence-corrected chi connectivity index (χ2v) is 4.67. The molecule has 0 heterocycles. The van der Waals surface area contributed by atoms with E-state index in [1.165, 1.54) is 12.1 Å². The minimum atomic E-state index is -4.37. The van der Waals surface area contributed by atoms with Crippen molar-refractivity contribution in [1.82, 2.24) is 0 Å². The summed E-state index contributed by atoms with van der Waals surface area (Å²) in [5.74, 6) is 0. The average molecular weight is 268 g/mol. The van der Waals surface area contributed by atoms with Crippen molar-refractivity contribution in [3.63, 3.8) is 0 Å². The van der Waals surface area contributed by atoms with Gasteiger partial charge < -0.3 is 0 Å². The lowest BCUT2D eigenvalue weighted by atomic mass is 10.1. The smallest absolute Gasteiger partial charge is 0.195 e. The number of benzene rings is 1. The highest BCUT2D eigenvalue weighted by Gasteiger charge is 2.30. The molecule has 0 saturated carbocycles. The van der Waals surface area contributed by atoms with Crippen LogP contribution in [-0.2, 0) is 12.6 Å². The van der Waals surface area contributed by atoms with Crippen molar-refractivity contribution < 1.29 is 13.2 Å². The lowest BCUT2D eigenvalue weighted by Gasteiger charge is -2.11. The fraction of sp³-hybridized carbons (Fsp3) is 0.300. The largest absolute Gasteiger partial charge is 0.416 e. The van der Waals surface area contributed by atoms with Crippen LogP contribution in [0, 0.1) is 11.3 Å².